The number of carboxylic acids is 1. The number of aromatic carboxylic acids is 1. The summed E-state index contributed by atoms with van der Waals surface area (Å²) in [5, 5.41) is 17.7. The highest BCUT2D eigenvalue weighted by atomic mass is 35.5. The van der Waals surface area contributed by atoms with E-state index >= 15 is 0 Å². The molecule has 0 fully saturated rings. The van der Waals surface area contributed by atoms with E-state index in [1.165, 1.54) is 0 Å². The van der Waals surface area contributed by atoms with E-state index in [1.807, 2.05) is 39.8 Å². The SMILES string of the molecule is Cc1cc(Cl)ccc1-n1nnc(C(=O)O)c1C(C)(C)C. The van der Waals surface area contributed by atoms with Crippen LogP contribution in [-0.2, 0) is 5.41 Å². The molecule has 0 unspecified atom stereocenters. The number of aromatic nitrogens is 3. The van der Waals surface area contributed by atoms with Gasteiger partial charge in [0.2, 0.25) is 0 Å². The zero-order chi connectivity index (χ0) is 15.1. The monoisotopic (exact) mass is 293 g/mol. The van der Waals surface area contributed by atoms with E-state index in [9.17, 15) is 9.90 Å². The van der Waals surface area contributed by atoms with Crippen LogP contribution in [0.15, 0.2) is 18.2 Å². The summed E-state index contributed by atoms with van der Waals surface area (Å²) in [5.74, 6) is -1.08. The third-order valence-electron chi connectivity index (χ3n) is 2.97. The van der Waals surface area contributed by atoms with E-state index in [-0.39, 0.29) is 5.69 Å². The van der Waals surface area contributed by atoms with Crippen molar-refractivity contribution in [1.29, 1.82) is 0 Å². The molecule has 0 saturated heterocycles. The first kappa shape index (κ1) is 14.5. The normalized spacial score (nSPS) is 11.7. The number of nitrogens with zero attached hydrogens (tertiary/aromatic N) is 3. The lowest BCUT2D eigenvalue weighted by Gasteiger charge is -2.21. The first-order chi connectivity index (χ1) is 9.21. The summed E-state index contributed by atoms with van der Waals surface area (Å²) in [6.07, 6.45) is 0. The van der Waals surface area contributed by atoms with Gasteiger partial charge in [-0.05, 0) is 30.7 Å². The van der Waals surface area contributed by atoms with Crippen LogP contribution in [0.4, 0.5) is 0 Å². The molecule has 1 heterocycles. The molecule has 0 bridgehead atoms. The number of hydrogen-bond acceptors (Lipinski definition) is 3. The first-order valence-electron chi connectivity index (χ1n) is 6.18. The van der Waals surface area contributed by atoms with E-state index in [0.29, 0.717) is 10.7 Å². The number of rotatable bonds is 2. The molecule has 1 aromatic heterocycles. The molecule has 5 nitrogen and oxygen atoms in total. The predicted molar refractivity (Wildman–Crippen MR) is 76.8 cm³/mol. The molecule has 1 aromatic carbocycles. The summed E-state index contributed by atoms with van der Waals surface area (Å²) >= 11 is 5.95. The fraction of sp³-hybridized carbons (Fsp3) is 0.357. The molecule has 0 saturated carbocycles. The maximum atomic E-state index is 11.3. The van der Waals surface area contributed by atoms with E-state index < -0.39 is 11.4 Å². The second-order valence-electron chi connectivity index (χ2n) is 5.68. The van der Waals surface area contributed by atoms with Gasteiger partial charge in [0.05, 0.1) is 11.4 Å². The van der Waals surface area contributed by atoms with Crippen LogP contribution in [0, 0.1) is 6.92 Å². The molecule has 0 amide bonds. The van der Waals surface area contributed by atoms with Crippen LogP contribution in [-0.4, -0.2) is 26.1 Å². The average molecular weight is 294 g/mol. The zero-order valence-electron chi connectivity index (χ0n) is 11.8. The minimum atomic E-state index is -1.08. The van der Waals surface area contributed by atoms with E-state index in [1.54, 1.807) is 10.7 Å². The van der Waals surface area contributed by atoms with Crippen LogP contribution < -0.4 is 0 Å². The Morgan fingerprint density at radius 2 is 2.00 bits per heavy atom. The van der Waals surface area contributed by atoms with Crippen LogP contribution in [0.5, 0.6) is 0 Å². The Balaban J connectivity index is 2.72. The maximum Gasteiger partial charge on any atom is 0.358 e. The van der Waals surface area contributed by atoms with Gasteiger partial charge in [-0.15, -0.1) is 5.10 Å². The Kier molecular flexibility index (Phi) is 3.56. The van der Waals surface area contributed by atoms with E-state index in [0.717, 1.165) is 11.3 Å². The summed E-state index contributed by atoms with van der Waals surface area (Å²) in [5.41, 5.74) is 1.83. The van der Waals surface area contributed by atoms with Crippen molar-refractivity contribution in [1.82, 2.24) is 15.0 Å². The van der Waals surface area contributed by atoms with Crippen molar-refractivity contribution < 1.29 is 9.90 Å². The van der Waals surface area contributed by atoms with Crippen molar-refractivity contribution in [3.8, 4) is 5.69 Å². The Bertz CT molecular complexity index is 672. The molecule has 0 radical (unpaired) electrons. The Hall–Kier alpha value is -1.88. The molecule has 0 spiro atoms. The Labute approximate surface area is 122 Å². The quantitative estimate of drug-likeness (QED) is 0.923. The van der Waals surface area contributed by atoms with Gasteiger partial charge in [0.1, 0.15) is 0 Å². The van der Waals surface area contributed by atoms with Crippen LogP contribution >= 0.6 is 11.6 Å². The van der Waals surface area contributed by atoms with Crippen LogP contribution in [0.1, 0.15) is 42.5 Å². The first-order valence-corrected chi connectivity index (χ1v) is 6.55. The third-order valence-corrected chi connectivity index (χ3v) is 3.21. The largest absolute Gasteiger partial charge is 0.476 e. The molecule has 2 rings (SSSR count). The van der Waals surface area contributed by atoms with Gasteiger partial charge in [0.25, 0.3) is 0 Å². The summed E-state index contributed by atoms with van der Waals surface area (Å²) in [4.78, 5) is 11.3. The predicted octanol–water partition coefficient (Wildman–Crippen LogP) is 3.22. The summed E-state index contributed by atoms with van der Waals surface area (Å²) < 4.78 is 1.58. The third kappa shape index (κ3) is 2.54. The van der Waals surface area contributed by atoms with Gasteiger partial charge in [-0.25, -0.2) is 9.48 Å². The summed E-state index contributed by atoms with van der Waals surface area (Å²) in [6, 6.07) is 5.37. The summed E-state index contributed by atoms with van der Waals surface area (Å²) in [6.45, 7) is 7.69. The van der Waals surface area contributed by atoms with Gasteiger partial charge in [0.15, 0.2) is 5.69 Å². The topological polar surface area (TPSA) is 68.0 Å². The molecule has 0 aliphatic heterocycles. The van der Waals surface area contributed by atoms with E-state index in [4.69, 9.17) is 11.6 Å². The lowest BCUT2D eigenvalue weighted by Crippen LogP contribution is -2.21. The van der Waals surface area contributed by atoms with Crippen molar-refractivity contribution in [2.24, 2.45) is 0 Å². The lowest BCUT2D eigenvalue weighted by molar-refractivity contribution is 0.0687. The molecular formula is C14H16ClN3O2. The number of carbonyl (C=O) groups is 1. The van der Waals surface area contributed by atoms with Crippen LogP contribution in [0.3, 0.4) is 0 Å². The molecule has 6 heteroatoms. The zero-order valence-corrected chi connectivity index (χ0v) is 12.6. The van der Waals surface area contributed by atoms with Crippen molar-refractivity contribution in [3.63, 3.8) is 0 Å². The van der Waals surface area contributed by atoms with Gasteiger partial charge in [-0.1, -0.05) is 37.6 Å². The van der Waals surface area contributed by atoms with Gasteiger partial charge in [-0.3, -0.25) is 0 Å². The fourth-order valence-corrected chi connectivity index (χ4v) is 2.35. The molecule has 0 aliphatic rings. The second-order valence-corrected chi connectivity index (χ2v) is 6.12. The molecule has 106 valence electrons. The van der Waals surface area contributed by atoms with Crippen molar-refractivity contribution >= 4 is 17.6 Å². The van der Waals surface area contributed by atoms with Crippen molar-refractivity contribution in [3.05, 3.63) is 40.2 Å². The van der Waals surface area contributed by atoms with E-state index in [2.05, 4.69) is 10.3 Å². The molecule has 0 aliphatic carbocycles. The number of aryl methyl sites for hydroxylation is 1. The molecule has 2 aromatic rings. The standard InChI is InChI=1S/C14H16ClN3O2/c1-8-7-9(15)5-6-10(8)18-12(14(2,3)4)11(13(19)20)16-17-18/h5-7H,1-4H3,(H,19,20). The molecule has 20 heavy (non-hydrogen) atoms. The average Bonchev–Trinajstić information content (AvgIpc) is 2.73. The Morgan fingerprint density at radius 3 is 2.50 bits per heavy atom. The number of halogens is 1. The molecular weight excluding hydrogens is 278 g/mol. The number of benzene rings is 1. The number of carboxylic acid groups (broad SMARTS) is 1. The van der Waals surface area contributed by atoms with Gasteiger partial charge in [-0.2, -0.15) is 0 Å². The minimum absolute atomic E-state index is 0.0214. The van der Waals surface area contributed by atoms with Crippen LogP contribution in [0.25, 0.3) is 5.69 Å². The van der Waals surface area contributed by atoms with Gasteiger partial charge < -0.3 is 5.11 Å². The van der Waals surface area contributed by atoms with Crippen molar-refractivity contribution in [2.45, 2.75) is 33.1 Å². The smallest absolute Gasteiger partial charge is 0.358 e. The van der Waals surface area contributed by atoms with Crippen molar-refractivity contribution in [2.75, 3.05) is 0 Å². The summed E-state index contributed by atoms with van der Waals surface area (Å²) in [7, 11) is 0. The van der Waals surface area contributed by atoms with Crippen LogP contribution in [0.2, 0.25) is 5.02 Å². The van der Waals surface area contributed by atoms with Gasteiger partial charge in [0, 0.05) is 10.4 Å². The lowest BCUT2D eigenvalue weighted by atomic mass is 9.90. The highest BCUT2D eigenvalue weighted by Crippen LogP contribution is 2.28. The maximum absolute atomic E-state index is 11.3. The number of hydrogen-bond donors (Lipinski definition) is 1. The fourth-order valence-electron chi connectivity index (χ4n) is 2.12. The minimum Gasteiger partial charge on any atom is -0.476 e. The Morgan fingerprint density at radius 1 is 1.35 bits per heavy atom. The van der Waals surface area contributed by atoms with Gasteiger partial charge >= 0.3 is 5.97 Å². The molecule has 0 atom stereocenters. The molecule has 1 N–H and O–H groups in total. The second kappa shape index (κ2) is 4.90. The highest BCUT2D eigenvalue weighted by Gasteiger charge is 2.29. The highest BCUT2D eigenvalue weighted by molar-refractivity contribution is 6.30.